The van der Waals surface area contributed by atoms with Gasteiger partial charge in [0.2, 0.25) is 0 Å². The van der Waals surface area contributed by atoms with Crippen molar-refractivity contribution in [3.05, 3.63) is 96.7 Å². The summed E-state index contributed by atoms with van der Waals surface area (Å²) in [6, 6.07) is 28.5. The lowest BCUT2D eigenvalue weighted by Crippen LogP contribution is -2.52. The van der Waals surface area contributed by atoms with Crippen molar-refractivity contribution < 1.29 is 9.53 Å². The van der Waals surface area contributed by atoms with E-state index in [0.29, 0.717) is 5.69 Å². The molecule has 3 aromatic carbocycles. The standard InChI is InChI=1S/C35H34N6O2/c1-34(2,3)43-33(42)40-35(19-7-20-35)24-15-11-23(12-16-24)30-29(22-13-17-25(36)18-14-22)39-32-26-8-4-5-9-27(26)38-31-28(41(30)32)10-6-21-37-31/h4-6,8-18,21H,7,19-20,36H2,1-3H3,(H,37,38)(H,40,42). The van der Waals surface area contributed by atoms with E-state index in [9.17, 15) is 4.79 Å². The van der Waals surface area contributed by atoms with E-state index < -0.39 is 17.2 Å². The van der Waals surface area contributed by atoms with Gasteiger partial charge in [-0.2, -0.15) is 0 Å². The predicted molar refractivity (Wildman–Crippen MR) is 170 cm³/mol. The lowest BCUT2D eigenvalue weighted by Gasteiger charge is -2.43. The van der Waals surface area contributed by atoms with Crippen LogP contribution in [0.4, 0.5) is 22.0 Å². The van der Waals surface area contributed by atoms with E-state index >= 15 is 0 Å². The van der Waals surface area contributed by atoms with Gasteiger partial charge in [0.05, 0.1) is 28.3 Å². The molecule has 1 amide bonds. The Morgan fingerprint density at radius 3 is 2.37 bits per heavy atom. The number of nitrogens with one attached hydrogen (secondary N) is 2. The van der Waals surface area contributed by atoms with Gasteiger partial charge in [-0.15, -0.1) is 0 Å². The van der Waals surface area contributed by atoms with Crippen LogP contribution in [0.5, 0.6) is 0 Å². The highest BCUT2D eigenvalue weighted by Crippen LogP contribution is 2.46. The summed E-state index contributed by atoms with van der Waals surface area (Å²) in [4.78, 5) is 22.7. The Morgan fingerprint density at radius 2 is 1.67 bits per heavy atom. The summed E-state index contributed by atoms with van der Waals surface area (Å²) in [5.74, 6) is 1.57. The zero-order valence-electron chi connectivity index (χ0n) is 24.5. The first-order valence-corrected chi connectivity index (χ1v) is 14.6. The third-order valence-corrected chi connectivity index (χ3v) is 8.17. The van der Waals surface area contributed by atoms with Gasteiger partial charge in [0.15, 0.2) is 5.82 Å². The number of rotatable bonds is 4. The molecule has 43 heavy (non-hydrogen) atoms. The number of anilines is 3. The minimum atomic E-state index is -0.560. The van der Waals surface area contributed by atoms with Crippen molar-refractivity contribution in [2.24, 2.45) is 0 Å². The van der Waals surface area contributed by atoms with Gasteiger partial charge in [-0.25, -0.2) is 14.8 Å². The number of amides is 1. The SMILES string of the molecule is CC(C)(C)OC(=O)NC1(c2ccc(-c3c(-c4ccc(N)cc4)nc4n3-c3cccnc3Nc3ccccc3-4)cc2)CCC1. The average Bonchev–Trinajstić information content (AvgIpc) is 3.29. The van der Waals surface area contributed by atoms with E-state index in [1.54, 1.807) is 6.20 Å². The zero-order chi connectivity index (χ0) is 29.8. The molecule has 2 aliphatic rings. The molecule has 1 saturated carbocycles. The number of carbonyl (C=O) groups excluding carboxylic acids is 1. The van der Waals surface area contributed by atoms with Gasteiger partial charge < -0.3 is 21.1 Å². The van der Waals surface area contributed by atoms with Crippen molar-refractivity contribution in [3.8, 4) is 39.6 Å². The molecule has 8 heteroatoms. The van der Waals surface area contributed by atoms with E-state index in [1.165, 1.54) is 0 Å². The van der Waals surface area contributed by atoms with Crippen molar-refractivity contribution in [3.63, 3.8) is 0 Å². The first-order chi connectivity index (χ1) is 20.7. The number of aromatic nitrogens is 3. The Bertz CT molecular complexity index is 1830. The first kappa shape index (κ1) is 26.8. The molecule has 1 fully saturated rings. The summed E-state index contributed by atoms with van der Waals surface area (Å²) in [5, 5.41) is 6.69. The molecule has 2 aromatic heterocycles. The molecular formula is C35H34N6O2. The summed E-state index contributed by atoms with van der Waals surface area (Å²) < 4.78 is 7.79. The molecule has 1 aliphatic carbocycles. The fourth-order valence-corrected chi connectivity index (χ4v) is 5.99. The maximum Gasteiger partial charge on any atom is 0.408 e. The highest BCUT2D eigenvalue weighted by atomic mass is 16.6. The third kappa shape index (κ3) is 4.78. The van der Waals surface area contributed by atoms with Crippen LogP contribution in [0.2, 0.25) is 0 Å². The van der Waals surface area contributed by atoms with Crippen molar-refractivity contribution in [2.75, 3.05) is 11.1 Å². The van der Waals surface area contributed by atoms with Gasteiger partial charge in [0.25, 0.3) is 0 Å². The number of hydrogen-bond donors (Lipinski definition) is 3. The van der Waals surface area contributed by atoms with E-state index in [-0.39, 0.29) is 0 Å². The second-order valence-electron chi connectivity index (χ2n) is 12.3. The fraction of sp³-hybridized carbons (Fsp3) is 0.229. The van der Waals surface area contributed by atoms with Crippen LogP contribution in [0, 0.1) is 0 Å². The molecule has 7 rings (SSSR count). The minimum absolute atomic E-state index is 0.390. The third-order valence-electron chi connectivity index (χ3n) is 8.17. The number of carbonyl (C=O) groups is 1. The van der Waals surface area contributed by atoms with Crippen molar-refractivity contribution >= 4 is 23.3 Å². The van der Waals surface area contributed by atoms with Crippen LogP contribution >= 0.6 is 0 Å². The number of ether oxygens (including phenoxy) is 1. The van der Waals surface area contributed by atoms with Crippen LogP contribution in [0.25, 0.3) is 39.6 Å². The molecule has 0 unspecified atom stereocenters. The van der Waals surface area contributed by atoms with Crippen LogP contribution in [0.1, 0.15) is 45.6 Å². The summed E-state index contributed by atoms with van der Waals surface area (Å²) >= 11 is 0. The van der Waals surface area contributed by atoms with Crippen LogP contribution in [0.15, 0.2) is 91.1 Å². The quantitative estimate of drug-likeness (QED) is 0.187. The van der Waals surface area contributed by atoms with Crippen LogP contribution < -0.4 is 16.4 Å². The molecule has 5 aromatic rings. The van der Waals surface area contributed by atoms with Gasteiger partial charge >= 0.3 is 6.09 Å². The summed E-state index contributed by atoms with van der Waals surface area (Å²) in [6.07, 6.45) is 4.18. The normalized spacial score (nSPS) is 14.7. The van der Waals surface area contributed by atoms with Crippen LogP contribution in [-0.2, 0) is 10.3 Å². The van der Waals surface area contributed by atoms with E-state index in [2.05, 4.69) is 51.6 Å². The smallest absolute Gasteiger partial charge is 0.408 e. The number of benzene rings is 3. The first-order valence-electron chi connectivity index (χ1n) is 14.6. The molecule has 0 bridgehead atoms. The number of hydrogen-bond acceptors (Lipinski definition) is 6. The zero-order valence-corrected chi connectivity index (χ0v) is 24.5. The second-order valence-corrected chi connectivity index (χ2v) is 12.3. The number of pyridine rings is 1. The lowest BCUT2D eigenvalue weighted by atomic mass is 9.71. The molecule has 0 spiro atoms. The Balaban J connectivity index is 1.39. The number of fused-ring (bicyclic) bond motifs is 5. The average molecular weight is 571 g/mol. The van der Waals surface area contributed by atoms with Crippen LogP contribution in [0.3, 0.4) is 0 Å². The Labute approximate surface area is 251 Å². The van der Waals surface area contributed by atoms with E-state index in [4.69, 9.17) is 20.4 Å². The largest absolute Gasteiger partial charge is 0.444 e. The van der Waals surface area contributed by atoms with E-state index in [0.717, 1.165) is 75.9 Å². The number of nitrogen functional groups attached to an aromatic ring is 1. The highest BCUT2D eigenvalue weighted by molar-refractivity contribution is 5.91. The van der Waals surface area contributed by atoms with Crippen molar-refractivity contribution in [1.29, 1.82) is 0 Å². The molecule has 0 radical (unpaired) electrons. The topological polar surface area (TPSA) is 107 Å². The molecule has 1 aliphatic heterocycles. The van der Waals surface area contributed by atoms with Gasteiger partial charge in [0, 0.05) is 28.6 Å². The molecule has 4 N–H and O–H groups in total. The maximum atomic E-state index is 12.8. The highest BCUT2D eigenvalue weighted by Gasteiger charge is 2.41. The summed E-state index contributed by atoms with van der Waals surface area (Å²) in [7, 11) is 0. The Kier molecular flexibility index (Phi) is 6.23. The molecule has 0 atom stereocenters. The summed E-state index contributed by atoms with van der Waals surface area (Å²) in [5.41, 5.74) is 13.4. The second kappa shape index (κ2) is 10.0. The maximum absolute atomic E-state index is 12.8. The number of nitrogens with zero attached hydrogens (tertiary/aromatic N) is 3. The fourth-order valence-electron chi connectivity index (χ4n) is 5.99. The molecule has 0 saturated heterocycles. The van der Waals surface area contributed by atoms with E-state index in [1.807, 2.05) is 69.3 Å². The van der Waals surface area contributed by atoms with Crippen molar-refractivity contribution in [1.82, 2.24) is 19.9 Å². The number of alkyl carbamates (subject to hydrolysis) is 1. The predicted octanol–water partition coefficient (Wildman–Crippen LogP) is 7.81. The van der Waals surface area contributed by atoms with Crippen LogP contribution in [-0.4, -0.2) is 26.2 Å². The van der Waals surface area contributed by atoms with Crippen molar-refractivity contribution in [2.45, 2.75) is 51.2 Å². The summed E-state index contributed by atoms with van der Waals surface area (Å²) in [6.45, 7) is 5.64. The minimum Gasteiger partial charge on any atom is -0.444 e. The molecular weight excluding hydrogens is 536 g/mol. The molecule has 3 heterocycles. The number of imidazole rings is 1. The number of para-hydroxylation sites is 1. The van der Waals surface area contributed by atoms with Gasteiger partial charge in [-0.05, 0) is 82.0 Å². The Morgan fingerprint density at radius 1 is 0.953 bits per heavy atom. The molecule has 8 nitrogen and oxygen atoms in total. The van der Waals surface area contributed by atoms with Gasteiger partial charge in [0.1, 0.15) is 11.4 Å². The lowest BCUT2D eigenvalue weighted by molar-refractivity contribution is 0.0377. The Hall–Kier alpha value is -5.11. The van der Waals surface area contributed by atoms with Gasteiger partial charge in [-0.3, -0.25) is 4.57 Å². The number of nitrogens with two attached hydrogens (primary N) is 1. The van der Waals surface area contributed by atoms with Gasteiger partial charge in [-0.1, -0.05) is 48.5 Å². The molecule has 216 valence electrons. The monoisotopic (exact) mass is 570 g/mol.